The molecule has 0 aliphatic carbocycles. The molecule has 56 valence electrons. The Labute approximate surface area is 79.6 Å². The standard InChI is InChI=1S/H4O7P2.U/c1-8(2,3)7-9(4,5)6;/h(H2,1,2,3)(H2,4,5,6);/q;+4/p-4. The SMILES string of the molecule is O=P([O-])([O-])OP(=O)([O-])[O-].[U+4]. The van der Waals surface area contributed by atoms with Crippen LogP contribution in [0.3, 0.4) is 0 Å². The Hall–Kier alpha value is 1.31. The summed E-state index contributed by atoms with van der Waals surface area (Å²) in [7, 11) is -11.4. The van der Waals surface area contributed by atoms with Crippen LogP contribution in [0.15, 0.2) is 0 Å². The number of rotatable bonds is 2. The second kappa shape index (κ2) is 4.37. The molecular formula is O7P2U. The van der Waals surface area contributed by atoms with Gasteiger partial charge in [0.1, 0.15) is 0 Å². The first kappa shape index (κ1) is 13.9. The van der Waals surface area contributed by atoms with Gasteiger partial charge in [0, 0.05) is 0 Å². The van der Waals surface area contributed by atoms with Crippen molar-refractivity contribution in [1.82, 2.24) is 0 Å². The van der Waals surface area contributed by atoms with E-state index in [1.807, 2.05) is 0 Å². The maximum Gasteiger partial charge on any atom is 4.00 e. The van der Waals surface area contributed by atoms with Gasteiger partial charge in [-0.05, 0) is 0 Å². The molecule has 0 unspecified atom stereocenters. The predicted molar refractivity (Wildman–Crippen MR) is 16.3 cm³/mol. The largest absolute Gasteiger partial charge is 4.00 e. The van der Waals surface area contributed by atoms with Crippen LogP contribution in [-0.4, -0.2) is 0 Å². The molecule has 0 radical (unpaired) electrons. The van der Waals surface area contributed by atoms with Crippen LogP contribution in [0.1, 0.15) is 0 Å². The fourth-order valence-corrected chi connectivity index (χ4v) is 1.10. The molecule has 0 saturated carbocycles. The van der Waals surface area contributed by atoms with Crippen LogP contribution >= 0.6 is 15.6 Å². The van der Waals surface area contributed by atoms with Gasteiger partial charge in [-0.2, -0.15) is 0 Å². The Balaban J connectivity index is 0. The third-order valence-electron chi connectivity index (χ3n) is 0.200. The molecule has 10 heteroatoms. The van der Waals surface area contributed by atoms with E-state index >= 15 is 0 Å². The van der Waals surface area contributed by atoms with Crippen LogP contribution < -0.4 is 19.6 Å². The molecule has 0 aliphatic rings. The van der Waals surface area contributed by atoms with Crippen molar-refractivity contribution < 1.29 is 64.1 Å². The summed E-state index contributed by atoms with van der Waals surface area (Å²) in [6.07, 6.45) is 0. The average molecular weight is 412 g/mol. The Morgan fingerprint density at radius 1 is 0.900 bits per heavy atom. The van der Waals surface area contributed by atoms with Crippen molar-refractivity contribution >= 4 is 15.6 Å². The molecule has 0 aliphatic heterocycles. The summed E-state index contributed by atoms with van der Waals surface area (Å²) in [5.74, 6) is 0. The molecule has 0 aromatic heterocycles. The van der Waals surface area contributed by atoms with Crippen molar-refractivity contribution in [1.29, 1.82) is 0 Å². The maximum atomic E-state index is 9.32. The van der Waals surface area contributed by atoms with Crippen LogP contribution in [0, 0.1) is 31.1 Å². The second-order valence-corrected chi connectivity index (χ2v) is 3.42. The number of hydrogen-bond donors (Lipinski definition) is 0. The van der Waals surface area contributed by atoms with Crippen LogP contribution in [0.25, 0.3) is 0 Å². The van der Waals surface area contributed by atoms with Crippen LogP contribution in [0.2, 0.25) is 0 Å². The molecule has 0 heterocycles. The van der Waals surface area contributed by atoms with Crippen LogP contribution in [0.4, 0.5) is 0 Å². The summed E-state index contributed by atoms with van der Waals surface area (Å²) >= 11 is 0. The Morgan fingerprint density at radius 2 is 1.10 bits per heavy atom. The molecule has 0 aromatic rings. The summed E-state index contributed by atoms with van der Waals surface area (Å²) in [5, 5.41) is 0. The van der Waals surface area contributed by atoms with Crippen molar-refractivity contribution in [3.63, 3.8) is 0 Å². The number of hydrogen-bond acceptors (Lipinski definition) is 7. The van der Waals surface area contributed by atoms with Gasteiger partial charge in [-0.3, -0.25) is 0 Å². The quantitative estimate of drug-likeness (QED) is 0.433. The summed E-state index contributed by atoms with van der Waals surface area (Å²) in [6.45, 7) is 0. The van der Waals surface area contributed by atoms with Gasteiger partial charge in [-0.1, -0.05) is 0 Å². The number of phosphoric acid groups is 2. The minimum absolute atomic E-state index is 0. The molecule has 0 spiro atoms. The summed E-state index contributed by atoms with van der Waals surface area (Å²) < 4.78 is 21.2. The Kier molecular flexibility index (Phi) is 6.06. The Morgan fingerprint density at radius 3 is 1.10 bits per heavy atom. The van der Waals surface area contributed by atoms with Gasteiger partial charge in [0.25, 0.3) is 0 Å². The first-order chi connectivity index (χ1) is 3.71. The van der Waals surface area contributed by atoms with Crippen molar-refractivity contribution in [3.05, 3.63) is 0 Å². The zero-order valence-electron chi connectivity index (χ0n) is 4.25. The van der Waals surface area contributed by atoms with Gasteiger partial charge in [0.2, 0.25) is 0 Å². The summed E-state index contributed by atoms with van der Waals surface area (Å²) in [5.41, 5.74) is 0. The van der Waals surface area contributed by atoms with Gasteiger partial charge in [0.05, 0.1) is 15.6 Å². The molecule has 0 fully saturated rings. The van der Waals surface area contributed by atoms with Gasteiger partial charge in [-0.25, -0.2) is 0 Å². The fraction of sp³-hybridized carbons (Fsp3) is 0. The first-order valence-corrected chi connectivity index (χ1v) is 4.38. The normalized spacial score (nSPS) is 12.4. The summed E-state index contributed by atoms with van der Waals surface area (Å²) in [6, 6.07) is 0. The third-order valence-corrected chi connectivity index (χ3v) is 1.80. The zero-order valence-corrected chi connectivity index (χ0v) is 10.2. The second-order valence-electron chi connectivity index (χ2n) is 0.976. The van der Waals surface area contributed by atoms with Crippen LogP contribution in [-0.2, 0) is 13.4 Å². The molecule has 0 saturated heterocycles. The van der Waals surface area contributed by atoms with E-state index in [1.165, 1.54) is 0 Å². The van der Waals surface area contributed by atoms with E-state index in [2.05, 4.69) is 4.31 Å². The zero-order chi connectivity index (χ0) is 7.71. The van der Waals surface area contributed by atoms with Crippen molar-refractivity contribution in [3.8, 4) is 0 Å². The van der Waals surface area contributed by atoms with E-state index in [0.717, 1.165) is 0 Å². The predicted octanol–water partition coefficient (Wildman–Crippen LogP) is -3.34. The van der Waals surface area contributed by atoms with Crippen LogP contribution in [0.5, 0.6) is 0 Å². The molecular weight excluding hydrogens is 412 g/mol. The molecule has 0 atom stereocenters. The van der Waals surface area contributed by atoms with E-state index in [1.54, 1.807) is 0 Å². The van der Waals surface area contributed by atoms with E-state index in [0.29, 0.717) is 0 Å². The smallest absolute Gasteiger partial charge is 0.790 e. The van der Waals surface area contributed by atoms with Crippen molar-refractivity contribution in [2.24, 2.45) is 0 Å². The Bertz CT molecular complexity index is 152. The van der Waals surface area contributed by atoms with Crippen molar-refractivity contribution in [2.45, 2.75) is 0 Å². The van der Waals surface area contributed by atoms with Gasteiger partial charge < -0.3 is 33.0 Å². The molecule has 0 rings (SSSR count). The van der Waals surface area contributed by atoms with E-state index in [9.17, 15) is 28.7 Å². The van der Waals surface area contributed by atoms with E-state index in [-0.39, 0.29) is 31.1 Å². The monoisotopic (exact) mass is 412 g/mol. The topological polar surface area (TPSA) is 136 Å². The van der Waals surface area contributed by atoms with E-state index in [4.69, 9.17) is 0 Å². The molecule has 0 amide bonds. The van der Waals surface area contributed by atoms with Crippen molar-refractivity contribution in [2.75, 3.05) is 0 Å². The minimum atomic E-state index is -5.68. The molecule has 7 nitrogen and oxygen atoms in total. The third kappa shape index (κ3) is 12.0. The van der Waals surface area contributed by atoms with E-state index < -0.39 is 15.6 Å². The van der Waals surface area contributed by atoms with Gasteiger partial charge in [0.15, 0.2) is 0 Å². The minimum Gasteiger partial charge on any atom is -0.790 e. The maximum absolute atomic E-state index is 9.32. The molecule has 10 heavy (non-hydrogen) atoms. The summed E-state index contributed by atoms with van der Waals surface area (Å²) in [4.78, 5) is 37.3. The fourth-order valence-electron chi connectivity index (χ4n) is 0.122. The first-order valence-electron chi connectivity index (χ1n) is 1.46. The average Bonchev–Trinajstić information content (AvgIpc) is 1.14. The molecule has 0 bridgehead atoms. The van der Waals surface area contributed by atoms with Gasteiger partial charge in [-0.15, -0.1) is 0 Å². The molecule has 0 aromatic carbocycles. The van der Waals surface area contributed by atoms with Gasteiger partial charge >= 0.3 is 31.1 Å². The molecule has 0 N–H and O–H groups in total.